The number of ether oxygens (including phenoxy) is 1. The zero-order valence-corrected chi connectivity index (χ0v) is 18.5. The fraction of sp³-hybridized carbons (Fsp3) is 0.611. The molecule has 0 radical (unpaired) electrons. The highest BCUT2D eigenvalue weighted by Crippen LogP contribution is 2.28. The number of nitrogens with zero attached hydrogens (tertiary/aromatic N) is 2. The van der Waals surface area contributed by atoms with Crippen LogP contribution in [0, 0.1) is 0 Å². The van der Waals surface area contributed by atoms with Gasteiger partial charge >= 0.3 is 0 Å². The van der Waals surface area contributed by atoms with Crippen molar-refractivity contribution in [3.8, 4) is 0 Å². The fourth-order valence-corrected chi connectivity index (χ4v) is 6.62. The van der Waals surface area contributed by atoms with Gasteiger partial charge in [0.15, 0.2) is 9.84 Å². The molecule has 1 atom stereocenters. The van der Waals surface area contributed by atoms with Crippen LogP contribution in [0.3, 0.4) is 0 Å². The van der Waals surface area contributed by atoms with Crippen molar-refractivity contribution in [1.82, 2.24) is 9.62 Å². The van der Waals surface area contributed by atoms with Crippen molar-refractivity contribution in [2.45, 2.75) is 23.8 Å². The monoisotopic (exact) mass is 445 g/mol. The maximum Gasteiger partial charge on any atom is 0.253 e. The largest absolute Gasteiger partial charge is 0.378 e. The topological polar surface area (TPSA) is 113 Å². The predicted molar refractivity (Wildman–Crippen MR) is 109 cm³/mol. The molecule has 0 unspecified atom stereocenters. The second kappa shape index (κ2) is 7.86. The Kier molecular flexibility index (Phi) is 5.96. The number of hydrogen-bond acceptors (Lipinski definition) is 7. The van der Waals surface area contributed by atoms with Gasteiger partial charge in [-0.15, -0.1) is 0 Å². The molecule has 0 aromatic heterocycles. The highest BCUT2D eigenvalue weighted by molar-refractivity contribution is 7.91. The lowest BCUT2D eigenvalue weighted by atomic mass is 10.0. The minimum atomic E-state index is -3.73. The van der Waals surface area contributed by atoms with Gasteiger partial charge < -0.3 is 15.0 Å². The van der Waals surface area contributed by atoms with Crippen LogP contribution in [0.5, 0.6) is 0 Å². The molecule has 0 spiro atoms. The molecular formula is C18H27N3O6S2. The summed E-state index contributed by atoms with van der Waals surface area (Å²) in [5, 5.41) is 2.83. The summed E-state index contributed by atoms with van der Waals surface area (Å²) >= 11 is 0. The average molecular weight is 446 g/mol. The van der Waals surface area contributed by atoms with Crippen LogP contribution in [0.25, 0.3) is 0 Å². The van der Waals surface area contributed by atoms with Gasteiger partial charge in [0, 0.05) is 32.9 Å². The zero-order chi connectivity index (χ0) is 21.4. The summed E-state index contributed by atoms with van der Waals surface area (Å²) in [6.07, 6.45) is 0.323. The first-order valence-corrected chi connectivity index (χ1v) is 12.6. The minimum absolute atomic E-state index is 0.00820. The summed E-state index contributed by atoms with van der Waals surface area (Å²) in [5.41, 5.74) is -0.0671. The SMILES string of the molecule is CN(C)S(=O)(=O)c1ccc(N2CCOCC2)c(C(=O)N[C@@]2(C)CCS(=O)(=O)C2)c1. The summed E-state index contributed by atoms with van der Waals surface area (Å²) < 4.78 is 55.4. The Hall–Kier alpha value is -1.69. The van der Waals surface area contributed by atoms with Crippen LogP contribution in [0.4, 0.5) is 5.69 Å². The molecule has 2 aliphatic rings. The number of benzene rings is 1. The molecule has 2 aliphatic heterocycles. The molecular weight excluding hydrogens is 418 g/mol. The lowest BCUT2D eigenvalue weighted by molar-refractivity contribution is 0.0914. The molecule has 162 valence electrons. The highest BCUT2D eigenvalue weighted by atomic mass is 32.2. The maximum absolute atomic E-state index is 13.2. The molecule has 9 nitrogen and oxygen atoms in total. The lowest BCUT2D eigenvalue weighted by Gasteiger charge is -2.31. The molecule has 1 aromatic rings. The van der Waals surface area contributed by atoms with Gasteiger partial charge in [-0.05, 0) is 31.5 Å². The molecule has 1 amide bonds. The van der Waals surface area contributed by atoms with E-state index in [9.17, 15) is 21.6 Å². The van der Waals surface area contributed by atoms with Gasteiger partial charge in [0.2, 0.25) is 10.0 Å². The molecule has 1 N–H and O–H groups in total. The van der Waals surface area contributed by atoms with E-state index < -0.39 is 31.3 Å². The van der Waals surface area contributed by atoms with Crippen LogP contribution < -0.4 is 10.2 Å². The van der Waals surface area contributed by atoms with Gasteiger partial charge in [-0.3, -0.25) is 4.79 Å². The number of carbonyl (C=O) groups is 1. The van der Waals surface area contributed by atoms with Gasteiger partial charge in [-0.2, -0.15) is 0 Å². The summed E-state index contributed by atoms with van der Waals surface area (Å²) in [6.45, 7) is 3.87. The third-order valence-corrected chi connectivity index (χ3v) is 8.98. The number of carbonyl (C=O) groups excluding carboxylic acids is 1. The molecule has 2 saturated heterocycles. The first-order valence-electron chi connectivity index (χ1n) is 9.36. The molecule has 29 heavy (non-hydrogen) atoms. The number of sulfone groups is 1. The Balaban J connectivity index is 2.00. The van der Waals surface area contributed by atoms with Crippen LogP contribution in [0.15, 0.2) is 23.1 Å². The van der Waals surface area contributed by atoms with Crippen molar-refractivity contribution in [2.75, 3.05) is 56.8 Å². The van der Waals surface area contributed by atoms with Crippen LogP contribution in [0.2, 0.25) is 0 Å². The third kappa shape index (κ3) is 4.73. The van der Waals surface area contributed by atoms with Crippen molar-refractivity contribution in [3.63, 3.8) is 0 Å². The predicted octanol–water partition coefficient (Wildman–Crippen LogP) is 0.0805. The summed E-state index contributed by atoms with van der Waals surface area (Å²) in [6, 6.07) is 4.48. The van der Waals surface area contributed by atoms with Crippen molar-refractivity contribution >= 4 is 31.5 Å². The molecule has 0 bridgehead atoms. The molecule has 11 heteroatoms. The number of hydrogen-bond donors (Lipinski definition) is 1. The number of anilines is 1. The van der Waals surface area contributed by atoms with E-state index in [2.05, 4.69) is 5.32 Å². The zero-order valence-electron chi connectivity index (χ0n) is 16.8. The second-order valence-corrected chi connectivity index (χ2v) is 12.3. The molecule has 0 aliphatic carbocycles. The van der Waals surface area contributed by atoms with Gasteiger partial charge in [0.1, 0.15) is 0 Å². The van der Waals surface area contributed by atoms with Crippen molar-refractivity contribution in [2.24, 2.45) is 0 Å². The van der Waals surface area contributed by atoms with E-state index in [4.69, 9.17) is 4.74 Å². The number of rotatable bonds is 5. The van der Waals surface area contributed by atoms with Crippen molar-refractivity contribution in [3.05, 3.63) is 23.8 Å². The quantitative estimate of drug-likeness (QED) is 0.683. The Morgan fingerprint density at radius 3 is 2.45 bits per heavy atom. The van der Waals surface area contributed by atoms with Crippen LogP contribution in [-0.2, 0) is 24.6 Å². The van der Waals surface area contributed by atoms with Crippen LogP contribution in [-0.4, -0.2) is 84.5 Å². The number of morpholine rings is 1. The van der Waals surface area contributed by atoms with Gasteiger partial charge in [-0.1, -0.05) is 0 Å². The van der Waals surface area contributed by atoms with Crippen molar-refractivity contribution < 1.29 is 26.4 Å². The lowest BCUT2D eigenvalue weighted by Crippen LogP contribution is -2.47. The van der Waals surface area contributed by atoms with Gasteiger partial charge in [0.25, 0.3) is 5.91 Å². The van der Waals surface area contributed by atoms with Gasteiger partial charge in [-0.25, -0.2) is 21.1 Å². The normalized spacial score (nSPS) is 24.6. The van der Waals surface area contributed by atoms with E-state index in [-0.39, 0.29) is 22.0 Å². The molecule has 3 rings (SSSR count). The third-order valence-electron chi connectivity index (χ3n) is 5.26. The van der Waals surface area contributed by atoms with E-state index in [1.54, 1.807) is 13.0 Å². The standard InChI is InChI=1S/C18H27N3O6S2/c1-18(6-11-28(23,24)13-18)19-17(22)15-12-14(29(25,26)20(2)3)4-5-16(15)21-7-9-27-10-8-21/h4-5,12H,6-11,13H2,1-3H3,(H,19,22)/t18-/m0/s1. The van der Waals surface area contributed by atoms with E-state index in [0.717, 1.165) is 4.31 Å². The Labute approximate surface area is 172 Å². The summed E-state index contributed by atoms with van der Waals surface area (Å²) in [5.74, 6) is -0.592. The number of amides is 1. The molecule has 1 aromatic carbocycles. The van der Waals surface area contributed by atoms with E-state index in [0.29, 0.717) is 38.4 Å². The number of sulfonamides is 1. The first-order chi connectivity index (χ1) is 13.4. The van der Waals surface area contributed by atoms with E-state index in [1.165, 1.54) is 26.2 Å². The van der Waals surface area contributed by atoms with E-state index in [1.807, 2.05) is 4.90 Å². The molecule has 2 fully saturated rings. The van der Waals surface area contributed by atoms with E-state index >= 15 is 0 Å². The maximum atomic E-state index is 13.2. The Bertz CT molecular complexity index is 1000. The first kappa shape index (κ1) is 22.0. The Morgan fingerprint density at radius 1 is 1.24 bits per heavy atom. The second-order valence-electron chi connectivity index (χ2n) is 7.92. The van der Waals surface area contributed by atoms with Crippen LogP contribution in [0.1, 0.15) is 23.7 Å². The Morgan fingerprint density at radius 2 is 1.90 bits per heavy atom. The van der Waals surface area contributed by atoms with Crippen molar-refractivity contribution in [1.29, 1.82) is 0 Å². The molecule has 0 saturated carbocycles. The van der Waals surface area contributed by atoms with Gasteiger partial charge in [0.05, 0.1) is 40.7 Å². The number of nitrogens with one attached hydrogen (secondary N) is 1. The minimum Gasteiger partial charge on any atom is -0.378 e. The average Bonchev–Trinajstić information content (AvgIpc) is 2.94. The smallest absolute Gasteiger partial charge is 0.253 e. The summed E-state index contributed by atoms with van der Waals surface area (Å²) in [4.78, 5) is 15.1. The highest BCUT2D eigenvalue weighted by Gasteiger charge is 2.40. The molecule has 2 heterocycles. The summed E-state index contributed by atoms with van der Waals surface area (Å²) in [7, 11) is -4.07. The van der Waals surface area contributed by atoms with Crippen LogP contribution >= 0.6 is 0 Å². The fourth-order valence-electron chi connectivity index (χ4n) is 3.60.